The monoisotopic (exact) mass is 368 g/mol. The molecule has 134 valence electrons. The molecule has 0 saturated heterocycles. The average Bonchev–Trinajstić information content (AvgIpc) is 3.31. The summed E-state index contributed by atoms with van der Waals surface area (Å²) >= 11 is 1.31. The van der Waals surface area contributed by atoms with Gasteiger partial charge in [0.05, 0.1) is 11.6 Å². The molecule has 0 radical (unpaired) electrons. The van der Waals surface area contributed by atoms with Crippen LogP contribution in [0.5, 0.6) is 0 Å². The van der Waals surface area contributed by atoms with Gasteiger partial charge in [0.25, 0.3) is 11.8 Å². The van der Waals surface area contributed by atoms with Gasteiger partial charge in [-0.1, -0.05) is 30.3 Å². The zero-order chi connectivity index (χ0) is 18.5. The summed E-state index contributed by atoms with van der Waals surface area (Å²) < 4.78 is 1.68. The van der Waals surface area contributed by atoms with Crippen molar-refractivity contribution < 1.29 is 9.59 Å². The summed E-state index contributed by atoms with van der Waals surface area (Å²) in [5.74, 6) is -0.554. The Morgan fingerprint density at radius 1 is 1.15 bits per heavy atom. The van der Waals surface area contributed by atoms with E-state index in [0.29, 0.717) is 22.8 Å². The number of aryl methyl sites for hydroxylation is 1. The van der Waals surface area contributed by atoms with Gasteiger partial charge in [-0.15, -0.1) is 11.3 Å². The molecule has 26 heavy (non-hydrogen) atoms. The molecule has 0 saturated carbocycles. The SMILES string of the molecule is CCn1ccc(C(=O)Nc2sccc2C(=O)N[C@@H](C)c2ccccc2)n1. The number of amides is 2. The lowest BCUT2D eigenvalue weighted by atomic mass is 10.1. The van der Waals surface area contributed by atoms with E-state index in [1.165, 1.54) is 11.3 Å². The smallest absolute Gasteiger partial charge is 0.276 e. The Balaban J connectivity index is 1.69. The first-order chi connectivity index (χ1) is 12.6. The molecule has 3 aromatic rings. The van der Waals surface area contributed by atoms with Crippen molar-refractivity contribution in [1.82, 2.24) is 15.1 Å². The summed E-state index contributed by atoms with van der Waals surface area (Å²) in [7, 11) is 0. The molecule has 0 unspecified atom stereocenters. The van der Waals surface area contributed by atoms with Crippen LogP contribution in [0.1, 0.15) is 46.3 Å². The molecule has 0 spiro atoms. The molecular weight excluding hydrogens is 348 g/mol. The number of hydrogen-bond acceptors (Lipinski definition) is 4. The fourth-order valence-electron chi connectivity index (χ4n) is 2.51. The van der Waals surface area contributed by atoms with Gasteiger partial charge in [-0.05, 0) is 36.9 Å². The number of aromatic nitrogens is 2. The van der Waals surface area contributed by atoms with Crippen molar-refractivity contribution in [2.75, 3.05) is 5.32 Å². The van der Waals surface area contributed by atoms with E-state index in [4.69, 9.17) is 0 Å². The maximum Gasteiger partial charge on any atom is 0.276 e. The van der Waals surface area contributed by atoms with Crippen LogP contribution in [-0.4, -0.2) is 21.6 Å². The van der Waals surface area contributed by atoms with Gasteiger partial charge < -0.3 is 10.6 Å². The van der Waals surface area contributed by atoms with Crippen LogP contribution in [0.2, 0.25) is 0 Å². The minimum Gasteiger partial charge on any atom is -0.345 e. The number of rotatable bonds is 6. The molecule has 0 bridgehead atoms. The molecule has 2 N–H and O–H groups in total. The van der Waals surface area contributed by atoms with E-state index in [0.717, 1.165) is 5.56 Å². The quantitative estimate of drug-likeness (QED) is 0.696. The van der Waals surface area contributed by atoms with E-state index in [1.807, 2.05) is 44.2 Å². The predicted octanol–water partition coefficient (Wildman–Crippen LogP) is 3.71. The Kier molecular flexibility index (Phi) is 5.48. The van der Waals surface area contributed by atoms with E-state index >= 15 is 0 Å². The molecule has 2 heterocycles. The highest BCUT2D eigenvalue weighted by atomic mass is 32.1. The molecule has 6 nitrogen and oxygen atoms in total. The molecule has 1 aromatic carbocycles. The fraction of sp³-hybridized carbons (Fsp3) is 0.211. The number of nitrogens with one attached hydrogen (secondary N) is 2. The van der Waals surface area contributed by atoms with Gasteiger partial charge in [0, 0.05) is 12.7 Å². The normalized spacial score (nSPS) is 11.8. The number of benzene rings is 1. The maximum absolute atomic E-state index is 12.6. The highest BCUT2D eigenvalue weighted by molar-refractivity contribution is 7.14. The zero-order valence-corrected chi connectivity index (χ0v) is 15.4. The summed E-state index contributed by atoms with van der Waals surface area (Å²) in [6, 6.07) is 13.0. The summed E-state index contributed by atoms with van der Waals surface area (Å²) in [6.07, 6.45) is 1.75. The Morgan fingerprint density at radius 2 is 1.92 bits per heavy atom. The number of nitrogens with zero attached hydrogens (tertiary/aromatic N) is 2. The first-order valence-electron chi connectivity index (χ1n) is 8.36. The van der Waals surface area contributed by atoms with Crippen molar-refractivity contribution in [2.24, 2.45) is 0 Å². The van der Waals surface area contributed by atoms with Crippen molar-refractivity contribution in [3.8, 4) is 0 Å². The second-order valence-corrected chi connectivity index (χ2v) is 6.70. The second-order valence-electron chi connectivity index (χ2n) is 5.78. The standard InChI is InChI=1S/C19H20N4O2S/c1-3-23-11-9-16(22-23)18(25)21-19-15(10-12-26-19)17(24)20-13(2)14-7-5-4-6-8-14/h4-13H,3H2,1-2H3,(H,20,24)(H,21,25)/t13-/m0/s1. The van der Waals surface area contributed by atoms with Gasteiger partial charge >= 0.3 is 0 Å². The first-order valence-corrected chi connectivity index (χ1v) is 9.24. The third-order valence-corrected chi connectivity index (χ3v) is 4.81. The summed E-state index contributed by atoms with van der Waals surface area (Å²) in [5.41, 5.74) is 1.79. The molecular formula is C19H20N4O2S. The number of carbonyl (C=O) groups excluding carboxylic acids is 2. The van der Waals surface area contributed by atoms with Crippen LogP contribution in [0.25, 0.3) is 0 Å². The minimum atomic E-state index is -0.329. The number of thiophene rings is 1. The van der Waals surface area contributed by atoms with Crippen molar-refractivity contribution in [3.05, 3.63) is 70.9 Å². The van der Waals surface area contributed by atoms with E-state index in [1.54, 1.807) is 28.4 Å². The molecule has 0 aliphatic heterocycles. The zero-order valence-electron chi connectivity index (χ0n) is 14.6. The van der Waals surface area contributed by atoms with Gasteiger partial charge in [-0.25, -0.2) is 0 Å². The molecule has 0 fully saturated rings. The van der Waals surface area contributed by atoms with Crippen molar-refractivity contribution in [3.63, 3.8) is 0 Å². The van der Waals surface area contributed by atoms with Crippen LogP contribution < -0.4 is 10.6 Å². The number of hydrogen-bond donors (Lipinski definition) is 2. The molecule has 3 rings (SSSR count). The predicted molar refractivity (Wildman–Crippen MR) is 102 cm³/mol. The van der Waals surface area contributed by atoms with Crippen LogP contribution >= 0.6 is 11.3 Å². The highest BCUT2D eigenvalue weighted by Crippen LogP contribution is 2.24. The summed E-state index contributed by atoms with van der Waals surface area (Å²) in [4.78, 5) is 25.0. The molecule has 2 amide bonds. The lowest BCUT2D eigenvalue weighted by Gasteiger charge is -2.14. The van der Waals surface area contributed by atoms with Gasteiger partial charge in [-0.3, -0.25) is 14.3 Å². The maximum atomic E-state index is 12.6. The molecule has 2 aromatic heterocycles. The van der Waals surface area contributed by atoms with Crippen LogP contribution in [0.3, 0.4) is 0 Å². The average molecular weight is 368 g/mol. The van der Waals surface area contributed by atoms with Crippen LogP contribution in [0, 0.1) is 0 Å². The minimum absolute atomic E-state index is 0.132. The van der Waals surface area contributed by atoms with Gasteiger partial charge in [0.1, 0.15) is 5.00 Å². The van der Waals surface area contributed by atoms with Crippen LogP contribution in [-0.2, 0) is 6.54 Å². The van der Waals surface area contributed by atoms with Gasteiger partial charge in [0.15, 0.2) is 5.69 Å². The van der Waals surface area contributed by atoms with Crippen LogP contribution in [0.15, 0.2) is 54.0 Å². The van der Waals surface area contributed by atoms with E-state index in [9.17, 15) is 9.59 Å². The highest BCUT2D eigenvalue weighted by Gasteiger charge is 2.19. The number of carbonyl (C=O) groups is 2. The lowest BCUT2D eigenvalue weighted by molar-refractivity contribution is 0.0941. The largest absolute Gasteiger partial charge is 0.345 e. The van der Waals surface area contributed by atoms with Crippen LogP contribution in [0.4, 0.5) is 5.00 Å². The van der Waals surface area contributed by atoms with Crippen molar-refractivity contribution >= 4 is 28.2 Å². The molecule has 1 atom stereocenters. The topological polar surface area (TPSA) is 76.0 Å². The van der Waals surface area contributed by atoms with E-state index in [-0.39, 0.29) is 17.9 Å². The van der Waals surface area contributed by atoms with Crippen molar-refractivity contribution in [2.45, 2.75) is 26.4 Å². The Morgan fingerprint density at radius 3 is 2.62 bits per heavy atom. The van der Waals surface area contributed by atoms with Gasteiger partial charge in [-0.2, -0.15) is 5.10 Å². The lowest BCUT2D eigenvalue weighted by Crippen LogP contribution is -2.27. The van der Waals surface area contributed by atoms with E-state index in [2.05, 4.69) is 15.7 Å². The van der Waals surface area contributed by atoms with Gasteiger partial charge in [0.2, 0.25) is 0 Å². The molecule has 0 aliphatic carbocycles. The Bertz CT molecular complexity index is 901. The molecule has 7 heteroatoms. The third-order valence-electron chi connectivity index (χ3n) is 3.98. The second kappa shape index (κ2) is 7.97. The molecule has 0 aliphatic rings. The van der Waals surface area contributed by atoms with Crippen molar-refractivity contribution in [1.29, 1.82) is 0 Å². The number of anilines is 1. The Hall–Kier alpha value is -2.93. The Labute approximate surface area is 155 Å². The first kappa shape index (κ1) is 17.9. The summed E-state index contributed by atoms with van der Waals surface area (Å²) in [5, 5.41) is 12.2. The summed E-state index contributed by atoms with van der Waals surface area (Å²) in [6.45, 7) is 4.57. The third kappa shape index (κ3) is 4.00. The fourth-order valence-corrected chi connectivity index (χ4v) is 3.29. The van der Waals surface area contributed by atoms with E-state index < -0.39 is 0 Å².